The number of aliphatic hydroxyl groups is 1. The Kier molecular flexibility index (Phi) is 5.42. The number of aromatic nitrogens is 3. The lowest BCUT2D eigenvalue weighted by molar-refractivity contribution is -0.383. The van der Waals surface area contributed by atoms with Gasteiger partial charge in [0, 0.05) is 43.3 Å². The van der Waals surface area contributed by atoms with Crippen LogP contribution in [0.4, 0.5) is 17.2 Å². The first-order chi connectivity index (χ1) is 15.5. The van der Waals surface area contributed by atoms with Crippen molar-refractivity contribution in [3.63, 3.8) is 0 Å². The maximum absolute atomic E-state index is 11.8. The maximum atomic E-state index is 11.8. The lowest BCUT2D eigenvalue weighted by Gasteiger charge is -2.23. The number of nitro groups is 1. The van der Waals surface area contributed by atoms with Gasteiger partial charge in [-0.1, -0.05) is 25.3 Å². The number of hydrogen-bond donors (Lipinski definition) is 2. The first kappa shape index (κ1) is 20.7. The van der Waals surface area contributed by atoms with Gasteiger partial charge in [-0.25, -0.2) is 9.97 Å². The van der Waals surface area contributed by atoms with Crippen molar-refractivity contribution in [1.82, 2.24) is 14.5 Å². The molecule has 3 aromatic rings. The standard InChI is InChI=1S/C23H28N6O3/c24-18-11-21(27-9-8-15(12-27)13-30)26-22(23(18)29(31)32)16-6-7-20-19(10-16)25-14-28(20)17-4-2-1-3-5-17/h6-7,10-11,14-15,17,30H,1-5,8-9,12-13H2,(H2,24,26)/t15-/m0/s1. The van der Waals surface area contributed by atoms with Gasteiger partial charge in [-0.3, -0.25) is 10.1 Å². The van der Waals surface area contributed by atoms with Crippen molar-refractivity contribution in [1.29, 1.82) is 0 Å². The van der Waals surface area contributed by atoms with Crippen LogP contribution in [0.15, 0.2) is 30.6 Å². The summed E-state index contributed by atoms with van der Waals surface area (Å²) in [7, 11) is 0. The fourth-order valence-electron chi connectivity index (χ4n) is 5.12. The van der Waals surface area contributed by atoms with E-state index in [0.29, 0.717) is 24.0 Å². The highest BCUT2D eigenvalue weighted by molar-refractivity contribution is 5.87. The van der Waals surface area contributed by atoms with Crippen LogP contribution >= 0.6 is 0 Å². The van der Waals surface area contributed by atoms with Crippen LogP contribution in [0.1, 0.15) is 44.6 Å². The van der Waals surface area contributed by atoms with Gasteiger partial charge in [0.15, 0.2) is 5.69 Å². The Balaban J connectivity index is 1.56. The van der Waals surface area contributed by atoms with E-state index in [9.17, 15) is 15.2 Å². The lowest BCUT2D eigenvalue weighted by Crippen LogP contribution is -2.22. The SMILES string of the molecule is Nc1cc(N2CC[C@H](CO)C2)nc(-c2ccc3c(c2)ncn3C2CCCCC2)c1[N+](=O)[O-]. The van der Waals surface area contributed by atoms with Gasteiger partial charge in [0.1, 0.15) is 11.5 Å². The molecule has 1 saturated carbocycles. The summed E-state index contributed by atoms with van der Waals surface area (Å²) < 4.78 is 2.24. The summed E-state index contributed by atoms with van der Waals surface area (Å²) in [6.45, 7) is 1.51. The number of nitrogen functional groups attached to an aromatic ring is 1. The molecule has 0 spiro atoms. The van der Waals surface area contributed by atoms with Crippen LogP contribution in [-0.2, 0) is 0 Å². The third-order valence-corrected chi connectivity index (χ3v) is 6.88. The number of hydrogen-bond acceptors (Lipinski definition) is 7. The fourth-order valence-corrected chi connectivity index (χ4v) is 5.12. The van der Waals surface area contributed by atoms with Gasteiger partial charge < -0.3 is 20.3 Å². The maximum Gasteiger partial charge on any atom is 0.318 e. The van der Waals surface area contributed by atoms with Gasteiger partial charge in [0.05, 0.1) is 22.3 Å². The van der Waals surface area contributed by atoms with Gasteiger partial charge in [-0.2, -0.15) is 0 Å². The van der Waals surface area contributed by atoms with Crippen LogP contribution in [0, 0.1) is 16.0 Å². The molecular formula is C23H28N6O3. The first-order valence-electron chi connectivity index (χ1n) is 11.3. The fraction of sp³-hybridized carbons (Fsp3) is 0.478. The molecule has 0 bridgehead atoms. The largest absolute Gasteiger partial charge is 0.396 e. The van der Waals surface area contributed by atoms with Crippen molar-refractivity contribution in [2.45, 2.75) is 44.6 Å². The molecule has 0 radical (unpaired) electrons. The molecule has 32 heavy (non-hydrogen) atoms. The minimum Gasteiger partial charge on any atom is -0.396 e. The zero-order valence-corrected chi connectivity index (χ0v) is 18.0. The van der Waals surface area contributed by atoms with Crippen LogP contribution in [0.25, 0.3) is 22.3 Å². The van der Waals surface area contributed by atoms with Crippen LogP contribution in [-0.4, -0.2) is 44.3 Å². The predicted octanol–water partition coefficient (Wildman–Crippen LogP) is 3.91. The van der Waals surface area contributed by atoms with Crippen molar-refractivity contribution in [3.8, 4) is 11.3 Å². The summed E-state index contributed by atoms with van der Waals surface area (Å²) in [5.74, 6) is 0.781. The number of aliphatic hydroxyl groups excluding tert-OH is 1. The highest BCUT2D eigenvalue weighted by Gasteiger charge is 2.28. The Bertz CT molecular complexity index is 1150. The molecule has 5 rings (SSSR count). The number of nitrogens with zero attached hydrogens (tertiary/aromatic N) is 5. The Morgan fingerprint density at radius 1 is 1.19 bits per heavy atom. The highest BCUT2D eigenvalue weighted by atomic mass is 16.6. The summed E-state index contributed by atoms with van der Waals surface area (Å²) >= 11 is 0. The molecule has 9 nitrogen and oxygen atoms in total. The molecule has 1 aliphatic heterocycles. The normalized spacial score (nSPS) is 19.7. The predicted molar refractivity (Wildman–Crippen MR) is 124 cm³/mol. The molecule has 3 heterocycles. The molecular weight excluding hydrogens is 408 g/mol. The number of imidazole rings is 1. The van der Waals surface area contributed by atoms with Gasteiger partial charge in [-0.15, -0.1) is 0 Å². The monoisotopic (exact) mass is 436 g/mol. The number of anilines is 2. The van der Waals surface area contributed by atoms with Gasteiger partial charge in [0.25, 0.3) is 0 Å². The minimum atomic E-state index is -0.465. The molecule has 2 aromatic heterocycles. The first-order valence-corrected chi connectivity index (χ1v) is 11.3. The number of benzene rings is 1. The molecule has 2 aliphatic rings. The van der Waals surface area contributed by atoms with E-state index in [0.717, 1.165) is 36.8 Å². The molecule has 1 aromatic carbocycles. The molecule has 168 valence electrons. The van der Waals surface area contributed by atoms with Crippen LogP contribution in [0.2, 0.25) is 0 Å². The highest BCUT2D eigenvalue weighted by Crippen LogP contribution is 2.38. The van der Waals surface area contributed by atoms with E-state index in [-0.39, 0.29) is 29.6 Å². The van der Waals surface area contributed by atoms with Gasteiger partial charge in [0.2, 0.25) is 0 Å². The Morgan fingerprint density at radius 3 is 2.72 bits per heavy atom. The average Bonchev–Trinajstić information content (AvgIpc) is 3.45. The Labute approximate surface area is 186 Å². The third-order valence-electron chi connectivity index (χ3n) is 6.88. The van der Waals surface area contributed by atoms with E-state index in [2.05, 4.69) is 14.5 Å². The van der Waals surface area contributed by atoms with Crippen molar-refractivity contribution in [3.05, 3.63) is 40.7 Å². The van der Waals surface area contributed by atoms with E-state index < -0.39 is 4.92 Å². The topological polar surface area (TPSA) is 123 Å². The smallest absolute Gasteiger partial charge is 0.318 e. The van der Waals surface area contributed by atoms with E-state index in [1.54, 1.807) is 6.07 Å². The minimum absolute atomic E-state index is 0.0929. The average molecular weight is 437 g/mol. The Hall–Kier alpha value is -3.20. The molecule has 1 saturated heterocycles. The van der Waals surface area contributed by atoms with Gasteiger partial charge >= 0.3 is 5.69 Å². The van der Waals surface area contributed by atoms with Crippen LogP contribution in [0.3, 0.4) is 0 Å². The van der Waals surface area contributed by atoms with E-state index in [4.69, 9.17) is 5.73 Å². The lowest BCUT2D eigenvalue weighted by atomic mass is 9.95. The summed E-state index contributed by atoms with van der Waals surface area (Å²) in [6, 6.07) is 7.76. The molecule has 2 fully saturated rings. The second-order valence-electron chi connectivity index (χ2n) is 8.95. The van der Waals surface area contributed by atoms with Crippen molar-refractivity contribution in [2.75, 3.05) is 30.3 Å². The number of pyridine rings is 1. The number of rotatable bonds is 5. The molecule has 0 amide bonds. The number of nitrogens with two attached hydrogens (primary N) is 1. The summed E-state index contributed by atoms with van der Waals surface area (Å²) in [4.78, 5) is 22.7. The van der Waals surface area contributed by atoms with E-state index >= 15 is 0 Å². The van der Waals surface area contributed by atoms with Crippen molar-refractivity contribution < 1.29 is 10.0 Å². The van der Waals surface area contributed by atoms with Crippen LogP contribution in [0.5, 0.6) is 0 Å². The summed E-state index contributed by atoms with van der Waals surface area (Å²) in [5.41, 5.74) is 8.77. The zero-order valence-electron chi connectivity index (χ0n) is 18.0. The van der Waals surface area contributed by atoms with Crippen LogP contribution < -0.4 is 10.6 Å². The van der Waals surface area contributed by atoms with E-state index in [1.807, 2.05) is 29.4 Å². The Morgan fingerprint density at radius 2 is 2.00 bits per heavy atom. The zero-order chi connectivity index (χ0) is 22.2. The number of fused-ring (bicyclic) bond motifs is 1. The molecule has 1 atom stereocenters. The second-order valence-corrected chi connectivity index (χ2v) is 8.95. The summed E-state index contributed by atoms with van der Waals surface area (Å²) in [6.07, 6.45) is 8.81. The summed E-state index contributed by atoms with van der Waals surface area (Å²) in [5, 5.41) is 21.3. The van der Waals surface area contributed by atoms with Crippen molar-refractivity contribution in [2.24, 2.45) is 5.92 Å². The van der Waals surface area contributed by atoms with E-state index in [1.165, 1.54) is 19.3 Å². The second kappa shape index (κ2) is 8.38. The molecule has 0 unspecified atom stereocenters. The molecule has 3 N–H and O–H groups in total. The molecule has 9 heteroatoms. The van der Waals surface area contributed by atoms with Gasteiger partial charge in [-0.05, 0) is 31.4 Å². The third kappa shape index (κ3) is 3.66. The molecule has 1 aliphatic carbocycles. The van der Waals surface area contributed by atoms with Crippen molar-refractivity contribution >= 4 is 28.2 Å². The quantitative estimate of drug-likeness (QED) is 0.459.